The first-order chi connectivity index (χ1) is 6.60. The Kier molecular flexibility index (Phi) is 3.78. The van der Waals surface area contributed by atoms with Gasteiger partial charge in [0.05, 0.1) is 12.1 Å². The monoisotopic (exact) mass is 213 g/mol. The van der Waals surface area contributed by atoms with Gasteiger partial charge in [0.2, 0.25) is 0 Å². The second-order valence-corrected chi connectivity index (χ2v) is 3.74. The Morgan fingerprint density at radius 3 is 2.57 bits per heavy atom. The van der Waals surface area contributed by atoms with Crippen LogP contribution in [0.4, 0.5) is 0 Å². The SMILES string of the molecule is CCc1cc(C(C)N)cc(Cl)c1OC. The van der Waals surface area contributed by atoms with Crippen molar-refractivity contribution in [3.05, 3.63) is 28.3 Å². The summed E-state index contributed by atoms with van der Waals surface area (Å²) >= 11 is 6.08. The van der Waals surface area contributed by atoms with Crippen LogP contribution in [-0.4, -0.2) is 7.11 Å². The highest BCUT2D eigenvalue weighted by Crippen LogP contribution is 2.31. The highest BCUT2D eigenvalue weighted by Gasteiger charge is 2.10. The van der Waals surface area contributed by atoms with Gasteiger partial charge >= 0.3 is 0 Å². The van der Waals surface area contributed by atoms with Gasteiger partial charge in [0, 0.05) is 6.04 Å². The number of benzene rings is 1. The van der Waals surface area contributed by atoms with Crippen LogP contribution in [0.3, 0.4) is 0 Å². The van der Waals surface area contributed by atoms with Crippen LogP contribution in [0.1, 0.15) is 31.0 Å². The summed E-state index contributed by atoms with van der Waals surface area (Å²) in [6.07, 6.45) is 0.892. The summed E-state index contributed by atoms with van der Waals surface area (Å²) < 4.78 is 5.23. The minimum absolute atomic E-state index is 0.00343. The number of hydrogen-bond acceptors (Lipinski definition) is 2. The molecule has 0 bridgehead atoms. The van der Waals surface area contributed by atoms with Gasteiger partial charge in [-0.3, -0.25) is 0 Å². The maximum atomic E-state index is 6.08. The molecule has 78 valence electrons. The first-order valence-electron chi connectivity index (χ1n) is 4.72. The third-order valence-corrected chi connectivity index (χ3v) is 2.53. The van der Waals surface area contributed by atoms with Crippen LogP contribution in [0.2, 0.25) is 5.02 Å². The van der Waals surface area contributed by atoms with Crippen molar-refractivity contribution in [3.63, 3.8) is 0 Å². The van der Waals surface area contributed by atoms with Crippen LogP contribution in [0.15, 0.2) is 12.1 Å². The van der Waals surface area contributed by atoms with E-state index >= 15 is 0 Å². The molecule has 2 nitrogen and oxygen atoms in total. The normalized spacial score (nSPS) is 12.6. The van der Waals surface area contributed by atoms with Gasteiger partial charge in [-0.1, -0.05) is 24.6 Å². The van der Waals surface area contributed by atoms with Gasteiger partial charge < -0.3 is 10.5 Å². The second kappa shape index (κ2) is 4.67. The van der Waals surface area contributed by atoms with Crippen LogP contribution < -0.4 is 10.5 Å². The summed E-state index contributed by atoms with van der Waals surface area (Å²) in [5.41, 5.74) is 7.95. The van der Waals surface area contributed by atoms with Crippen molar-refractivity contribution in [2.24, 2.45) is 5.73 Å². The van der Waals surface area contributed by atoms with Gasteiger partial charge in [0.15, 0.2) is 0 Å². The van der Waals surface area contributed by atoms with Gasteiger partial charge in [0.1, 0.15) is 5.75 Å². The fourth-order valence-electron chi connectivity index (χ4n) is 1.43. The highest BCUT2D eigenvalue weighted by molar-refractivity contribution is 6.32. The van der Waals surface area contributed by atoms with Crippen LogP contribution in [-0.2, 0) is 6.42 Å². The Bertz CT molecular complexity index is 323. The summed E-state index contributed by atoms with van der Waals surface area (Å²) in [4.78, 5) is 0. The molecule has 1 rings (SSSR count). The Hall–Kier alpha value is -0.730. The largest absolute Gasteiger partial charge is 0.495 e. The molecule has 0 heterocycles. The van der Waals surface area contributed by atoms with Crippen molar-refractivity contribution in [2.45, 2.75) is 26.3 Å². The lowest BCUT2D eigenvalue weighted by atomic mass is 10.0. The van der Waals surface area contributed by atoms with Crippen LogP contribution >= 0.6 is 11.6 Å². The number of hydrogen-bond donors (Lipinski definition) is 1. The Labute approximate surface area is 90.0 Å². The van der Waals surface area contributed by atoms with E-state index in [0.717, 1.165) is 23.3 Å². The number of rotatable bonds is 3. The molecular weight excluding hydrogens is 198 g/mol. The van der Waals surface area contributed by atoms with Gasteiger partial charge in [0.25, 0.3) is 0 Å². The van der Waals surface area contributed by atoms with E-state index < -0.39 is 0 Å². The van der Waals surface area contributed by atoms with Crippen molar-refractivity contribution in [2.75, 3.05) is 7.11 Å². The molecule has 1 aromatic rings. The van der Waals surface area contributed by atoms with E-state index in [2.05, 4.69) is 13.0 Å². The van der Waals surface area contributed by atoms with Crippen molar-refractivity contribution in [1.82, 2.24) is 0 Å². The summed E-state index contributed by atoms with van der Waals surface area (Å²) in [7, 11) is 1.63. The van der Waals surface area contributed by atoms with Crippen molar-refractivity contribution >= 4 is 11.6 Å². The Morgan fingerprint density at radius 2 is 2.14 bits per heavy atom. The van der Waals surface area contributed by atoms with E-state index in [1.807, 2.05) is 13.0 Å². The summed E-state index contributed by atoms with van der Waals surface area (Å²) in [6, 6.07) is 3.92. The molecule has 2 N–H and O–H groups in total. The summed E-state index contributed by atoms with van der Waals surface area (Å²) in [5, 5.41) is 0.638. The highest BCUT2D eigenvalue weighted by atomic mass is 35.5. The predicted molar refractivity (Wildman–Crippen MR) is 60.0 cm³/mol. The molecule has 0 spiro atoms. The van der Waals surface area contributed by atoms with Crippen molar-refractivity contribution < 1.29 is 4.74 Å². The van der Waals surface area contributed by atoms with E-state index in [1.54, 1.807) is 7.11 Å². The van der Waals surface area contributed by atoms with E-state index in [0.29, 0.717) is 5.02 Å². The summed E-state index contributed by atoms with van der Waals surface area (Å²) in [6.45, 7) is 4.01. The fraction of sp³-hybridized carbons (Fsp3) is 0.455. The lowest BCUT2D eigenvalue weighted by molar-refractivity contribution is 0.410. The predicted octanol–water partition coefficient (Wildman–Crippen LogP) is 2.93. The van der Waals surface area contributed by atoms with Crippen LogP contribution in [0.5, 0.6) is 5.75 Å². The molecule has 1 unspecified atom stereocenters. The van der Waals surface area contributed by atoms with E-state index in [9.17, 15) is 0 Å². The Balaban J connectivity index is 3.24. The zero-order valence-electron chi connectivity index (χ0n) is 8.80. The third-order valence-electron chi connectivity index (χ3n) is 2.25. The molecule has 0 aliphatic rings. The molecule has 0 aliphatic carbocycles. The minimum atomic E-state index is 0.00343. The van der Waals surface area contributed by atoms with E-state index in [4.69, 9.17) is 22.1 Å². The minimum Gasteiger partial charge on any atom is -0.495 e. The smallest absolute Gasteiger partial charge is 0.140 e. The van der Waals surface area contributed by atoms with Gasteiger partial charge in [-0.25, -0.2) is 0 Å². The first-order valence-corrected chi connectivity index (χ1v) is 5.09. The standard InChI is InChI=1S/C11H16ClNO/c1-4-8-5-9(7(2)13)6-10(12)11(8)14-3/h5-7H,4,13H2,1-3H3. The molecule has 0 radical (unpaired) electrons. The molecule has 0 aliphatic heterocycles. The maximum absolute atomic E-state index is 6.08. The molecule has 0 saturated carbocycles. The number of aryl methyl sites for hydroxylation is 1. The van der Waals surface area contributed by atoms with Gasteiger partial charge in [-0.2, -0.15) is 0 Å². The molecule has 14 heavy (non-hydrogen) atoms. The molecule has 0 fully saturated rings. The quantitative estimate of drug-likeness (QED) is 0.838. The number of nitrogens with two attached hydrogens (primary N) is 1. The first kappa shape index (κ1) is 11.3. The van der Waals surface area contributed by atoms with Crippen LogP contribution in [0.25, 0.3) is 0 Å². The summed E-state index contributed by atoms with van der Waals surface area (Å²) in [5.74, 6) is 0.763. The Morgan fingerprint density at radius 1 is 1.50 bits per heavy atom. The number of methoxy groups -OCH3 is 1. The van der Waals surface area contributed by atoms with Gasteiger partial charge in [-0.05, 0) is 30.5 Å². The van der Waals surface area contributed by atoms with E-state index in [-0.39, 0.29) is 6.04 Å². The fourth-order valence-corrected chi connectivity index (χ4v) is 1.75. The zero-order chi connectivity index (χ0) is 10.7. The van der Waals surface area contributed by atoms with Crippen LogP contribution in [0, 0.1) is 0 Å². The molecule has 3 heteroatoms. The number of halogens is 1. The zero-order valence-corrected chi connectivity index (χ0v) is 9.56. The molecule has 0 aromatic heterocycles. The van der Waals surface area contributed by atoms with Gasteiger partial charge in [-0.15, -0.1) is 0 Å². The molecule has 1 atom stereocenters. The van der Waals surface area contributed by atoms with Crippen molar-refractivity contribution in [3.8, 4) is 5.75 Å². The van der Waals surface area contributed by atoms with E-state index in [1.165, 1.54) is 0 Å². The number of ether oxygens (including phenoxy) is 1. The molecule has 0 amide bonds. The molecule has 0 saturated heterocycles. The maximum Gasteiger partial charge on any atom is 0.140 e. The topological polar surface area (TPSA) is 35.2 Å². The van der Waals surface area contributed by atoms with Crippen molar-refractivity contribution in [1.29, 1.82) is 0 Å². The lowest BCUT2D eigenvalue weighted by Gasteiger charge is -2.13. The molecular formula is C11H16ClNO. The third kappa shape index (κ3) is 2.20. The average Bonchev–Trinajstić information content (AvgIpc) is 2.16. The molecule has 1 aromatic carbocycles. The lowest BCUT2D eigenvalue weighted by Crippen LogP contribution is -2.06. The second-order valence-electron chi connectivity index (χ2n) is 3.34. The average molecular weight is 214 g/mol.